The fourth-order valence-corrected chi connectivity index (χ4v) is 3.99. The first-order valence-corrected chi connectivity index (χ1v) is 11.2. The topological polar surface area (TPSA) is 82.1 Å². The number of hydrogen-bond donors (Lipinski definition) is 0. The lowest BCUT2D eigenvalue weighted by atomic mass is 10.1. The summed E-state index contributed by atoms with van der Waals surface area (Å²) >= 11 is 0.761. The van der Waals surface area contributed by atoms with Crippen molar-refractivity contribution in [2.24, 2.45) is 0 Å². The fraction of sp³-hybridized carbons (Fsp3) is 0.292. The van der Waals surface area contributed by atoms with Gasteiger partial charge in [-0.15, -0.1) is 0 Å². The van der Waals surface area contributed by atoms with Crippen LogP contribution in [0.3, 0.4) is 0 Å². The standard InChI is InChI=1S/C24H24FNO6S/c1-4-30-20-12-17(8-11-19(20)32-14-16-6-9-18(25)10-7-16)13-21-22(27)26(24(29)33-21)15(3)23(28)31-5-2/h6-13,15H,4-5,14H2,1-3H3/b21-13+/t15-/m1/s1. The molecular weight excluding hydrogens is 449 g/mol. The molecule has 1 atom stereocenters. The predicted molar refractivity (Wildman–Crippen MR) is 122 cm³/mol. The minimum absolute atomic E-state index is 0.158. The lowest BCUT2D eigenvalue weighted by molar-refractivity contribution is -0.150. The van der Waals surface area contributed by atoms with Crippen molar-refractivity contribution in [1.82, 2.24) is 4.90 Å². The SMILES string of the molecule is CCOC(=O)[C@@H](C)N1C(=O)S/C(=C/c2ccc(OCc3ccc(F)cc3)c(OCC)c2)C1=O. The molecule has 1 aliphatic rings. The van der Waals surface area contributed by atoms with Crippen molar-refractivity contribution in [1.29, 1.82) is 0 Å². The number of carbonyl (C=O) groups excluding carboxylic acids is 3. The normalized spacial score (nSPS) is 15.6. The van der Waals surface area contributed by atoms with Gasteiger partial charge in [-0.1, -0.05) is 18.2 Å². The zero-order chi connectivity index (χ0) is 24.0. The molecule has 0 N–H and O–H groups in total. The predicted octanol–water partition coefficient (Wildman–Crippen LogP) is 4.79. The summed E-state index contributed by atoms with van der Waals surface area (Å²) in [5, 5.41) is -0.531. The quantitative estimate of drug-likeness (QED) is 0.382. The minimum atomic E-state index is -1.01. The Morgan fingerprint density at radius 2 is 1.79 bits per heavy atom. The van der Waals surface area contributed by atoms with Gasteiger partial charge in [-0.05, 0) is 74.0 Å². The average Bonchev–Trinajstić information content (AvgIpc) is 3.07. The summed E-state index contributed by atoms with van der Waals surface area (Å²) in [5.41, 5.74) is 1.43. The second-order valence-corrected chi connectivity index (χ2v) is 8.03. The lowest BCUT2D eigenvalue weighted by Crippen LogP contribution is -2.42. The average molecular weight is 474 g/mol. The minimum Gasteiger partial charge on any atom is -0.490 e. The summed E-state index contributed by atoms with van der Waals surface area (Å²) in [7, 11) is 0. The Kier molecular flexibility index (Phi) is 8.11. The van der Waals surface area contributed by atoms with Crippen molar-refractivity contribution in [3.63, 3.8) is 0 Å². The molecule has 2 aromatic rings. The number of esters is 1. The van der Waals surface area contributed by atoms with Gasteiger partial charge in [-0.25, -0.2) is 9.18 Å². The molecule has 1 aliphatic heterocycles. The van der Waals surface area contributed by atoms with Crippen LogP contribution in [-0.4, -0.2) is 41.3 Å². The summed E-state index contributed by atoms with van der Waals surface area (Å²) in [5.74, 6) is -0.559. The number of imide groups is 1. The Morgan fingerprint density at radius 1 is 1.06 bits per heavy atom. The van der Waals surface area contributed by atoms with Crippen LogP contribution in [0.1, 0.15) is 31.9 Å². The van der Waals surface area contributed by atoms with Gasteiger partial charge < -0.3 is 14.2 Å². The highest BCUT2D eigenvalue weighted by Gasteiger charge is 2.41. The van der Waals surface area contributed by atoms with Crippen LogP contribution in [0, 0.1) is 5.82 Å². The number of nitrogens with zero attached hydrogens (tertiary/aromatic N) is 1. The molecule has 0 saturated carbocycles. The Hall–Kier alpha value is -3.33. The molecule has 1 fully saturated rings. The zero-order valence-electron chi connectivity index (χ0n) is 18.5. The molecule has 0 aromatic heterocycles. The summed E-state index contributed by atoms with van der Waals surface area (Å²) in [6, 6.07) is 10.1. The highest BCUT2D eigenvalue weighted by molar-refractivity contribution is 8.18. The molecule has 0 unspecified atom stereocenters. The van der Waals surface area contributed by atoms with E-state index >= 15 is 0 Å². The second kappa shape index (κ2) is 11.0. The smallest absolute Gasteiger partial charge is 0.329 e. The highest BCUT2D eigenvalue weighted by Crippen LogP contribution is 2.36. The van der Waals surface area contributed by atoms with E-state index in [-0.39, 0.29) is 23.9 Å². The maximum atomic E-state index is 13.1. The maximum Gasteiger partial charge on any atom is 0.329 e. The molecule has 3 rings (SSSR count). The summed E-state index contributed by atoms with van der Waals surface area (Å²) in [6.07, 6.45) is 1.56. The number of thioether (sulfide) groups is 1. The fourth-order valence-electron chi connectivity index (χ4n) is 3.08. The molecule has 1 heterocycles. The first-order chi connectivity index (χ1) is 15.8. The third kappa shape index (κ3) is 5.92. The molecule has 174 valence electrons. The van der Waals surface area contributed by atoms with Crippen LogP contribution in [0.2, 0.25) is 0 Å². The molecule has 33 heavy (non-hydrogen) atoms. The number of benzene rings is 2. The van der Waals surface area contributed by atoms with Gasteiger partial charge >= 0.3 is 5.97 Å². The summed E-state index contributed by atoms with van der Waals surface area (Å²) < 4.78 is 29.5. The molecule has 7 nitrogen and oxygen atoms in total. The van der Waals surface area contributed by atoms with E-state index in [0.29, 0.717) is 23.7 Å². The number of hydrogen-bond acceptors (Lipinski definition) is 7. The Morgan fingerprint density at radius 3 is 2.45 bits per heavy atom. The Balaban J connectivity index is 1.78. The Bertz CT molecular complexity index is 1070. The molecule has 0 aliphatic carbocycles. The van der Waals surface area contributed by atoms with E-state index in [9.17, 15) is 18.8 Å². The molecule has 9 heteroatoms. The van der Waals surface area contributed by atoms with E-state index in [2.05, 4.69) is 0 Å². The van der Waals surface area contributed by atoms with E-state index in [1.54, 1.807) is 43.3 Å². The van der Waals surface area contributed by atoms with Crippen LogP contribution >= 0.6 is 11.8 Å². The molecule has 0 spiro atoms. The number of ether oxygens (including phenoxy) is 3. The van der Waals surface area contributed by atoms with Crippen molar-refractivity contribution in [2.75, 3.05) is 13.2 Å². The van der Waals surface area contributed by atoms with Crippen molar-refractivity contribution >= 4 is 35.0 Å². The zero-order valence-corrected chi connectivity index (χ0v) is 19.3. The van der Waals surface area contributed by atoms with Crippen LogP contribution in [0.25, 0.3) is 6.08 Å². The van der Waals surface area contributed by atoms with Crippen molar-refractivity contribution in [3.05, 3.63) is 64.3 Å². The van der Waals surface area contributed by atoms with Crippen LogP contribution < -0.4 is 9.47 Å². The van der Waals surface area contributed by atoms with E-state index in [4.69, 9.17) is 14.2 Å². The maximum absolute atomic E-state index is 13.1. The van der Waals surface area contributed by atoms with Crippen molar-refractivity contribution in [2.45, 2.75) is 33.4 Å². The van der Waals surface area contributed by atoms with Crippen molar-refractivity contribution in [3.8, 4) is 11.5 Å². The first kappa shape index (κ1) is 24.3. The molecule has 2 aromatic carbocycles. The van der Waals surface area contributed by atoms with Gasteiger partial charge in [0.05, 0.1) is 18.1 Å². The van der Waals surface area contributed by atoms with Gasteiger partial charge in [0.2, 0.25) is 0 Å². The second-order valence-electron chi connectivity index (χ2n) is 7.03. The molecule has 0 bridgehead atoms. The van der Waals surface area contributed by atoms with E-state index in [1.165, 1.54) is 19.1 Å². The van der Waals surface area contributed by atoms with Gasteiger partial charge in [0.15, 0.2) is 11.5 Å². The number of halogens is 1. The van der Waals surface area contributed by atoms with Gasteiger partial charge in [-0.2, -0.15) is 0 Å². The summed E-state index contributed by atoms with van der Waals surface area (Å²) in [4.78, 5) is 38.2. The first-order valence-electron chi connectivity index (χ1n) is 10.4. The van der Waals surface area contributed by atoms with Gasteiger partial charge in [0.1, 0.15) is 18.5 Å². The molecule has 0 radical (unpaired) electrons. The molecular formula is C24H24FNO6S. The number of rotatable bonds is 9. The van der Waals surface area contributed by atoms with Gasteiger partial charge in [0, 0.05) is 0 Å². The summed E-state index contributed by atoms with van der Waals surface area (Å²) in [6.45, 7) is 5.72. The Labute approximate surface area is 195 Å². The third-order valence-corrected chi connectivity index (χ3v) is 5.60. The lowest BCUT2D eigenvalue weighted by Gasteiger charge is -2.19. The molecule has 1 saturated heterocycles. The molecule has 2 amide bonds. The largest absolute Gasteiger partial charge is 0.490 e. The van der Waals surface area contributed by atoms with Crippen LogP contribution in [0.5, 0.6) is 11.5 Å². The van der Waals surface area contributed by atoms with Gasteiger partial charge in [-0.3, -0.25) is 14.5 Å². The third-order valence-electron chi connectivity index (χ3n) is 4.71. The van der Waals surface area contributed by atoms with Crippen LogP contribution in [0.4, 0.5) is 9.18 Å². The van der Waals surface area contributed by atoms with Crippen LogP contribution in [0.15, 0.2) is 47.4 Å². The number of carbonyl (C=O) groups is 3. The van der Waals surface area contributed by atoms with E-state index in [0.717, 1.165) is 22.2 Å². The van der Waals surface area contributed by atoms with E-state index < -0.39 is 23.2 Å². The number of amides is 2. The van der Waals surface area contributed by atoms with Gasteiger partial charge in [0.25, 0.3) is 11.1 Å². The van der Waals surface area contributed by atoms with Crippen LogP contribution in [-0.2, 0) is 20.9 Å². The van der Waals surface area contributed by atoms with E-state index in [1.807, 2.05) is 6.92 Å². The van der Waals surface area contributed by atoms with Crippen molar-refractivity contribution < 1.29 is 33.0 Å². The monoisotopic (exact) mass is 473 g/mol. The highest BCUT2D eigenvalue weighted by atomic mass is 32.2.